The molecule has 126 valence electrons. The minimum Gasteiger partial charge on any atom is -0.496 e. The van der Waals surface area contributed by atoms with Crippen molar-refractivity contribution in [2.24, 2.45) is 0 Å². The van der Waals surface area contributed by atoms with Crippen molar-refractivity contribution in [1.29, 1.82) is 0 Å². The second kappa shape index (κ2) is 5.96. The van der Waals surface area contributed by atoms with Crippen molar-refractivity contribution >= 4 is 5.91 Å². The molecule has 1 saturated carbocycles. The van der Waals surface area contributed by atoms with Crippen LogP contribution >= 0.6 is 0 Å². The lowest BCUT2D eigenvalue weighted by atomic mass is 10.0. The molecule has 1 aliphatic heterocycles. The molecule has 1 aromatic heterocycles. The van der Waals surface area contributed by atoms with Gasteiger partial charge in [0.05, 0.1) is 18.8 Å². The fraction of sp³-hybridized carbons (Fsp3) is 0.474. The zero-order chi connectivity index (χ0) is 16.7. The van der Waals surface area contributed by atoms with E-state index in [1.807, 2.05) is 36.1 Å². The number of carbonyl (C=O) groups excluding carboxylic acids is 1. The third kappa shape index (κ3) is 2.58. The Hall–Kier alpha value is -2.30. The summed E-state index contributed by atoms with van der Waals surface area (Å²) in [5.74, 6) is 2.31. The minimum absolute atomic E-state index is 0.0301. The van der Waals surface area contributed by atoms with Gasteiger partial charge in [-0.2, -0.15) is 0 Å². The van der Waals surface area contributed by atoms with Gasteiger partial charge in [-0.25, -0.2) is 4.98 Å². The lowest BCUT2D eigenvalue weighted by Crippen LogP contribution is -2.31. The molecule has 0 radical (unpaired) electrons. The van der Waals surface area contributed by atoms with Crippen LogP contribution in [0.15, 0.2) is 28.7 Å². The number of methoxy groups -OCH3 is 1. The Morgan fingerprint density at radius 2 is 2.08 bits per heavy atom. The number of likely N-dealkylation sites (tertiary alicyclic amines) is 1. The number of oxazole rings is 1. The molecule has 24 heavy (non-hydrogen) atoms. The van der Waals surface area contributed by atoms with E-state index in [0.29, 0.717) is 17.4 Å². The lowest BCUT2D eigenvalue weighted by Gasteiger charge is -2.25. The molecule has 1 unspecified atom stereocenters. The number of amides is 1. The number of hydrogen-bond donors (Lipinski definition) is 0. The average molecular weight is 326 g/mol. The van der Waals surface area contributed by atoms with Crippen LogP contribution in [0, 0.1) is 6.92 Å². The second-order valence-electron chi connectivity index (χ2n) is 6.64. The average Bonchev–Trinajstić information content (AvgIpc) is 3.21. The highest BCUT2D eigenvalue weighted by Crippen LogP contribution is 2.41. The number of rotatable bonds is 4. The third-order valence-corrected chi connectivity index (χ3v) is 4.95. The van der Waals surface area contributed by atoms with Crippen molar-refractivity contribution in [1.82, 2.24) is 9.88 Å². The first-order valence-corrected chi connectivity index (χ1v) is 8.60. The SMILES string of the molecule is COc1ccccc1C1CCCN1C(=O)c1oc(C2CC2)nc1C. The predicted octanol–water partition coefficient (Wildman–Crippen LogP) is 3.85. The maximum absolute atomic E-state index is 13.1. The van der Waals surface area contributed by atoms with Gasteiger partial charge in [0.2, 0.25) is 5.76 Å². The smallest absolute Gasteiger partial charge is 0.292 e. The fourth-order valence-corrected chi connectivity index (χ4v) is 3.53. The van der Waals surface area contributed by atoms with E-state index in [1.54, 1.807) is 7.11 Å². The molecule has 2 aliphatic rings. The Balaban J connectivity index is 1.63. The predicted molar refractivity (Wildman–Crippen MR) is 89.2 cm³/mol. The quantitative estimate of drug-likeness (QED) is 0.856. The standard InChI is InChI=1S/C19H22N2O3/c1-12-17(24-18(20-12)13-9-10-13)19(22)21-11-5-7-15(21)14-6-3-4-8-16(14)23-2/h3-4,6,8,13,15H,5,7,9-11H2,1-2H3. The maximum atomic E-state index is 13.1. The minimum atomic E-state index is -0.0553. The van der Waals surface area contributed by atoms with Crippen LogP contribution in [-0.4, -0.2) is 29.4 Å². The van der Waals surface area contributed by atoms with E-state index in [4.69, 9.17) is 9.15 Å². The largest absolute Gasteiger partial charge is 0.496 e. The van der Waals surface area contributed by atoms with Gasteiger partial charge >= 0.3 is 0 Å². The molecule has 5 heteroatoms. The van der Waals surface area contributed by atoms with Crippen LogP contribution in [-0.2, 0) is 0 Å². The number of hydrogen-bond acceptors (Lipinski definition) is 4. The zero-order valence-electron chi connectivity index (χ0n) is 14.1. The van der Waals surface area contributed by atoms with Crippen LogP contribution in [0.2, 0.25) is 0 Å². The van der Waals surface area contributed by atoms with Gasteiger partial charge in [-0.05, 0) is 38.7 Å². The number of para-hydroxylation sites is 1. The van der Waals surface area contributed by atoms with E-state index in [9.17, 15) is 4.79 Å². The molecule has 2 heterocycles. The summed E-state index contributed by atoms with van der Waals surface area (Å²) in [4.78, 5) is 19.4. The Labute approximate surface area is 141 Å². The van der Waals surface area contributed by atoms with Crippen LogP contribution in [0.25, 0.3) is 0 Å². The summed E-state index contributed by atoms with van der Waals surface area (Å²) in [6.45, 7) is 2.59. The summed E-state index contributed by atoms with van der Waals surface area (Å²) in [5.41, 5.74) is 1.76. The fourth-order valence-electron chi connectivity index (χ4n) is 3.53. The number of ether oxygens (including phenoxy) is 1. The highest BCUT2D eigenvalue weighted by atomic mass is 16.5. The normalized spacial score (nSPS) is 20.4. The van der Waals surface area contributed by atoms with Gasteiger partial charge in [-0.3, -0.25) is 4.79 Å². The van der Waals surface area contributed by atoms with Crippen LogP contribution in [0.1, 0.15) is 65.3 Å². The van der Waals surface area contributed by atoms with E-state index >= 15 is 0 Å². The Morgan fingerprint density at radius 1 is 1.29 bits per heavy atom. The maximum Gasteiger partial charge on any atom is 0.292 e. The van der Waals surface area contributed by atoms with Gasteiger partial charge in [0, 0.05) is 18.0 Å². The first kappa shape index (κ1) is 15.2. The molecule has 1 atom stereocenters. The molecule has 0 spiro atoms. The summed E-state index contributed by atoms with van der Waals surface area (Å²) in [5, 5.41) is 0. The van der Waals surface area contributed by atoms with Crippen molar-refractivity contribution in [3.05, 3.63) is 47.2 Å². The molecule has 0 bridgehead atoms. The lowest BCUT2D eigenvalue weighted by molar-refractivity contribution is 0.0699. The molecule has 5 nitrogen and oxygen atoms in total. The van der Waals surface area contributed by atoms with E-state index in [2.05, 4.69) is 4.98 Å². The molecular weight excluding hydrogens is 304 g/mol. The van der Waals surface area contributed by atoms with Crippen LogP contribution < -0.4 is 4.74 Å². The Kier molecular flexibility index (Phi) is 3.79. The topological polar surface area (TPSA) is 55.6 Å². The summed E-state index contributed by atoms with van der Waals surface area (Å²) >= 11 is 0. The second-order valence-corrected chi connectivity index (χ2v) is 6.64. The van der Waals surface area contributed by atoms with E-state index in [-0.39, 0.29) is 11.9 Å². The number of nitrogens with zero attached hydrogens (tertiary/aromatic N) is 2. The molecule has 1 aromatic carbocycles. The number of carbonyl (C=O) groups is 1. The molecule has 1 aliphatic carbocycles. The first-order chi connectivity index (χ1) is 11.7. The van der Waals surface area contributed by atoms with Crippen molar-refractivity contribution in [3.63, 3.8) is 0 Å². The van der Waals surface area contributed by atoms with Crippen LogP contribution in [0.4, 0.5) is 0 Å². The number of aryl methyl sites for hydroxylation is 1. The first-order valence-electron chi connectivity index (χ1n) is 8.60. The highest BCUT2D eigenvalue weighted by molar-refractivity contribution is 5.93. The summed E-state index contributed by atoms with van der Waals surface area (Å²) in [6, 6.07) is 7.96. The summed E-state index contributed by atoms with van der Waals surface area (Å²) in [6.07, 6.45) is 4.15. The van der Waals surface area contributed by atoms with E-state index in [0.717, 1.165) is 49.4 Å². The van der Waals surface area contributed by atoms with Gasteiger partial charge in [0.15, 0.2) is 5.89 Å². The van der Waals surface area contributed by atoms with Gasteiger partial charge in [0.1, 0.15) is 5.75 Å². The Bertz CT molecular complexity index is 764. The zero-order valence-corrected chi connectivity index (χ0v) is 14.1. The van der Waals surface area contributed by atoms with Gasteiger partial charge in [0.25, 0.3) is 5.91 Å². The van der Waals surface area contributed by atoms with Crippen molar-refractivity contribution < 1.29 is 13.9 Å². The van der Waals surface area contributed by atoms with Crippen LogP contribution in [0.3, 0.4) is 0 Å². The van der Waals surface area contributed by atoms with Crippen molar-refractivity contribution in [2.45, 2.75) is 44.6 Å². The van der Waals surface area contributed by atoms with Crippen molar-refractivity contribution in [3.8, 4) is 5.75 Å². The van der Waals surface area contributed by atoms with Crippen LogP contribution in [0.5, 0.6) is 5.75 Å². The monoisotopic (exact) mass is 326 g/mol. The van der Waals surface area contributed by atoms with Gasteiger partial charge in [-0.15, -0.1) is 0 Å². The molecule has 1 amide bonds. The van der Waals surface area contributed by atoms with Gasteiger partial charge < -0.3 is 14.1 Å². The third-order valence-electron chi connectivity index (χ3n) is 4.95. The number of aromatic nitrogens is 1. The molecule has 0 N–H and O–H groups in total. The van der Waals surface area contributed by atoms with Crippen molar-refractivity contribution in [2.75, 3.05) is 13.7 Å². The Morgan fingerprint density at radius 3 is 2.83 bits per heavy atom. The molecule has 4 rings (SSSR count). The highest BCUT2D eigenvalue weighted by Gasteiger charge is 2.36. The molecular formula is C19H22N2O3. The van der Waals surface area contributed by atoms with E-state index in [1.165, 1.54) is 0 Å². The molecule has 2 fully saturated rings. The summed E-state index contributed by atoms with van der Waals surface area (Å²) in [7, 11) is 1.67. The molecule has 1 saturated heterocycles. The molecule has 2 aromatic rings. The number of benzene rings is 1. The van der Waals surface area contributed by atoms with E-state index < -0.39 is 0 Å². The van der Waals surface area contributed by atoms with Gasteiger partial charge in [-0.1, -0.05) is 18.2 Å². The summed E-state index contributed by atoms with van der Waals surface area (Å²) < 4.78 is 11.3.